The van der Waals surface area contributed by atoms with Crippen LogP contribution < -0.4 is 9.64 Å². The number of ether oxygens (including phenoxy) is 1. The molecular weight excluding hydrogens is 302 g/mol. The molecule has 5 nitrogen and oxygen atoms in total. The zero-order valence-electron chi connectivity index (χ0n) is 13.8. The molecule has 0 saturated carbocycles. The largest absolute Gasteiger partial charge is 0.496 e. The Morgan fingerprint density at radius 3 is 2.50 bits per heavy atom. The molecule has 0 N–H and O–H groups in total. The van der Waals surface area contributed by atoms with Crippen molar-refractivity contribution in [2.24, 2.45) is 0 Å². The maximum atomic E-state index is 12.4. The van der Waals surface area contributed by atoms with E-state index >= 15 is 0 Å². The molecule has 0 atom stereocenters. The summed E-state index contributed by atoms with van der Waals surface area (Å²) >= 11 is 0. The summed E-state index contributed by atoms with van der Waals surface area (Å²) in [7, 11) is 1.63. The fourth-order valence-corrected chi connectivity index (χ4v) is 2.81. The van der Waals surface area contributed by atoms with Crippen molar-refractivity contribution in [2.45, 2.75) is 0 Å². The average molecular weight is 323 g/mol. The number of hydrogen-bond donors (Lipinski definition) is 0. The summed E-state index contributed by atoms with van der Waals surface area (Å²) in [5, 5.41) is 0. The first-order valence-corrected chi connectivity index (χ1v) is 8.03. The van der Waals surface area contributed by atoms with Gasteiger partial charge in [-0.05, 0) is 24.3 Å². The van der Waals surface area contributed by atoms with Gasteiger partial charge in [-0.3, -0.25) is 9.78 Å². The molecule has 2 heterocycles. The van der Waals surface area contributed by atoms with Crippen LogP contribution in [0.2, 0.25) is 0 Å². The standard InChI is InChI=1S/C19H21N3O2/c1-24-18-5-3-2-4-16(18)6-7-19(23)22-14-12-21(13-15-22)17-8-10-20-11-9-17/h2-11H,12-15H2,1H3/b7-6+. The Morgan fingerprint density at radius 2 is 1.79 bits per heavy atom. The summed E-state index contributed by atoms with van der Waals surface area (Å²) in [5.41, 5.74) is 2.06. The molecule has 3 rings (SSSR count). The second-order valence-corrected chi connectivity index (χ2v) is 5.59. The van der Waals surface area contributed by atoms with E-state index in [2.05, 4.69) is 9.88 Å². The zero-order chi connectivity index (χ0) is 16.8. The number of piperazine rings is 1. The van der Waals surface area contributed by atoms with Crippen LogP contribution in [-0.2, 0) is 4.79 Å². The number of rotatable bonds is 4. The van der Waals surface area contributed by atoms with Crippen molar-refractivity contribution in [1.82, 2.24) is 9.88 Å². The van der Waals surface area contributed by atoms with E-state index in [1.807, 2.05) is 47.4 Å². The normalized spacial score (nSPS) is 14.9. The lowest BCUT2D eigenvalue weighted by atomic mass is 10.2. The second-order valence-electron chi connectivity index (χ2n) is 5.59. The number of para-hydroxylation sites is 1. The molecule has 1 aliphatic rings. The lowest BCUT2D eigenvalue weighted by Gasteiger charge is -2.35. The van der Waals surface area contributed by atoms with Gasteiger partial charge in [0.1, 0.15) is 5.75 Å². The van der Waals surface area contributed by atoms with E-state index in [0.29, 0.717) is 0 Å². The Balaban J connectivity index is 1.58. The van der Waals surface area contributed by atoms with Gasteiger partial charge in [-0.25, -0.2) is 0 Å². The molecule has 1 aromatic carbocycles. The van der Waals surface area contributed by atoms with Crippen molar-refractivity contribution in [2.75, 3.05) is 38.2 Å². The molecule has 1 fully saturated rings. The van der Waals surface area contributed by atoms with Crippen molar-refractivity contribution >= 4 is 17.7 Å². The Kier molecular flexibility index (Phi) is 5.11. The van der Waals surface area contributed by atoms with Gasteiger partial charge in [-0.15, -0.1) is 0 Å². The minimum absolute atomic E-state index is 0.0373. The number of methoxy groups -OCH3 is 1. The summed E-state index contributed by atoms with van der Waals surface area (Å²) < 4.78 is 5.30. The number of anilines is 1. The minimum Gasteiger partial charge on any atom is -0.496 e. The SMILES string of the molecule is COc1ccccc1/C=C/C(=O)N1CCN(c2ccncc2)CC1. The molecule has 2 aromatic rings. The average Bonchev–Trinajstić information content (AvgIpc) is 2.67. The van der Waals surface area contributed by atoms with Gasteiger partial charge in [0.05, 0.1) is 7.11 Å². The Labute approximate surface area is 142 Å². The number of aromatic nitrogens is 1. The highest BCUT2D eigenvalue weighted by Crippen LogP contribution is 2.19. The van der Waals surface area contributed by atoms with E-state index in [0.717, 1.165) is 43.2 Å². The van der Waals surface area contributed by atoms with Crippen molar-refractivity contribution in [3.63, 3.8) is 0 Å². The molecule has 1 amide bonds. The summed E-state index contributed by atoms with van der Waals surface area (Å²) in [4.78, 5) is 20.6. The molecule has 1 saturated heterocycles. The predicted octanol–water partition coefficient (Wildman–Crippen LogP) is 2.45. The predicted molar refractivity (Wildman–Crippen MR) is 95.1 cm³/mol. The van der Waals surface area contributed by atoms with Gasteiger partial charge in [0.25, 0.3) is 0 Å². The first-order chi connectivity index (χ1) is 11.8. The molecule has 0 unspecified atom stereocenters. The number of amides is 1. The first-order valence-electron chi connectivity index (χ1n) is 8.03. The molecule has 0 radical (unpaired) electrons. The van der Waals surface area contributed by atoms with E-state index in [9.17, 15) is 4.79 Å². The molecule has 124 valence electrons. The molecular formula is C19H21N3O2. The highest BCUT2D eigenvalue weighted by atomic mass is 16.5. The summed E-state index contributed by atoms with van der Waals surface area (Å²) in [6.45, 7) is 3.10. The molecule has 0 aliphatic carbocycles. The summed E-state index contributed by atoms with van der Waals surface area (Å²) in [6.07, 6.45) is 7.03. The van der Waals surface area contributed by atoms with E-state index in [1.54, 1.807) is 25.6 Å². The fraction of sp³-hybridized carbons (Fsp3) is 0.263. The van der Waals surface area contributed by atoms with Crippen LogP contribution in [-0.4, -0.2) is 49.1 Å². The Morgan fingerprint density at radius 1 is 1.08 bits per heavy atom. The smallest absolute Gasteiger partial charge is 0.246 e. The number of benzene rings is 1. The van der Waals surface area contributed by atoms with E-state index < -0.39 is 0 Å². The summed E-state index contributed by atoms with van der Waals surface area (Å²) in [5.74, 6) is 0.805. The van der Waals surface area contributed by atoms with E-state index in [1.165, 1.54) is 0 Å². The maximum absolute atomic E-state index is 12.4. The highest BCUT2D eigenvalue weighted by Gasteiger charge is 2.19. The van der Waals surface area contributed by atoms with E-state index in [4.69, 9.17) is 4.74 Å². The van der Waals surface area contributed by atoms with Crippen LogP contribution in [0.4, 0.5) is 5.69 Å². The van der Waals surface area contributed by atoms with Gasteiger partial charge in [-0.2, -0.15) is 0 Å². The van der Waals surface area contributed by atoms with Crippen molar-refractivity contribution in [1.29, 1.82) is 0 Å². The lowest BCUT2D eigenvalue weighted by molar-refractivity contribution is -0.126. The number of hydrogen-bond acceptors (Lipinski definition) is 4. The Hall–Kier alpha value is -2.82. The number of nitrogens with zero attached hydrogens (tertiary/aromatic N) is 3. The van der Waals surface area contributed by atoms with Crippen LogP contribution in [0, 0.1) is 0 Å². The van der Waals surface area contributed by atoms with Gasteiger partial charge in [0, 0.05) is 55.9 Å². The van der Waals surface area contributed by atoms with Gasteiger partial charge in [0.2, 0.25) is 5.91 Å². The van der Waals surface area contributed by atoms with Crippen LogP contribution in [0.3, 0.4) is 0 Å². The minimum atomic E-state index is 0.0373. The fourth-order valence-electron chi connectivity index (χ4n) is 2.81. The van der Waals surface area contributed by atoms with Crippen molar-refractivity contribution < 1.29 is 9.53 Å². The Bertz CT molecular complexity index is 708. The summed E-state index contributed by atoms with van der Waals surface area (Å²) in [6, 6.07) is 11.7. The van der Waals surface area contributed by atoms with Crippen LogP contribution in [0.15, 0.2) is 54.9 Å². The lowest BCUT2D eigenvalue weighted by Crippen LogP contribution is -2.48. The van der Waals surface area contributed by atoms with Crippen LogP contribution in [0.5, 0.6) is 5.75 Å². The van der Waals surface area contributed by atoms with Crippen molar-refractivity contribution in [3.8, 4) is 5.75 Å². The number of carbonyl (C=O) groups is 1. The molecule has 0 spiro atoms. The topological polar surface area (TPSA) is 45.7 Å². The molecule has 1 aromatic heterocycles. The molecule has 24 heavy (non-hydrogen) atoms. The van der Waals surface area contributed by atoms with Gasteiger partial charge in [-0.1, -0.05) is 18.2 Å². The van der Waals surface area contributed by atoms with Gasteiger partial charge >= 0.3 is 0 Å². The van der Waals surface area contributed by atoms with E-state index in [-0.39, 0.29) is 5.91 Å². The number of pyridine rings is 1. The second kappa shape index (κ2) is 7.64. The quantitative estimate of drug-likeness (QED) is 0.811. The molecule has 1 aliphatic heterocycles. The van der Waals surface area contributed by atoms with Crippen LogP contribution in [0.25, 0.3) is 6.08 Å². The third-order valence-corrected chi connectivity index (χ3v) is 4.16. The van der Waals surface area contributed by atoms with Crippen molar-refractivity contribution in [3.05, 3.63) is 60.4 Å². The highest BCUT2D eigenvalue weighted by molar-refractivity contribution is 5.92. The zero-order valence-corrected chi connectivity index (χ0v) is 13.8. The maximum Gasteiger partial charge on any atom is 0.246 e. The first kappa shape index (κ1) is 16.1. The molecule has 0 bridgehead atoms. The number of carbonyl (C=O) groups excluding carboxylic acids is 1. The van der Waals surface area contributed by atoms with Gasteiger partial charge in [0.15, 0.2) is 0 Å². The van der Waals surface area contributed by atoms with Crippen LogP contribution in [0.1, 0.15) is 5.56 Å². The van der Waals surface area contributed by atoms with Gasteiger partial charge < -0.3 is 14.5 Å². The molecule has 5 heteroatoms. The monoisotopic (exact) mass is 323 g/mol. The third kappa shape index (κ3) is 3.74. The van der Waals surface area contributed by atoms with Crippen LogP contribution >= 0.6 is 0 Å². The third-order valence-electron chi connectivity index (χ3n) is 4.16.